The lowest BCUT2D eigenvalue weighted by molar-refractivity contribution is 0.820. The number of aryl methyl sites for hydroxylation is 1. The highest BCUT2D eigenvalue weighted by Crippen LogP contribution is 2.21. The third kappa shape index (κ3) is 2.05. The molecule has 0 spiro atoms. The van der Waals surface area contributed by atoms with Crippen molar-refractivity contribution >= 4 is 16.8 Å². The summed E-state index contributed by atoms with van der Waals surface area (Å²) >= 11 is 0. The van der Waals surface area contributed by atoms with Crippen LogP contribution in [0.4, 0.5) is 0 Å². The molecule has 0 radical (unpaired) electrons. The first kappa shape index (κ1) is 14.6. The summed E-state index contributed by atoms with van der Waals surface area (Å²) in [7, 11) is 0. The topological polar surface area (TPSA) is 52.2 Å². The van der Waals surface area contributed by atoms with Crippen LogP contribution in [-0.4, -0.2) is 18.9 Å². The van der Waals surface area contributed by atoms with Crippen LogP contribution < -0.4 is 5.56 Å². The minimum absolute atomic E-state index is 0.157. The molecule has 0 amide bonds. The molecular formula is C19H18N4O. The summed E-state index contributed by atoms with van der Waals surface area (Å²) in [5, 5.41) is 0. The van der Waals surface area contributed by atoms with E-state index in [1.54, 1.807) is 17.0 Å². The molecule has 0 atom stereocenters. The normalized spacial score (nSPS) is 11.7. The number of hydrogen-bond donors (Lipinski definition) is 0. The van der Waals surface area contributed by atoms with Crippen LogP contribution in [0.25, 0.3) is 22.5 Å². The Balaban J connectivity index is 2.24. The zero-order valence-corrected chi connectivity index (χ0v) is 13.9. The predicted octanol–water partition coefficient (Wildman–Crippen LogP) is 3.47. The molecule has 120 valence electrons. The van der Waals surface area contributed by atoms with Gasteiger partial charge >= 0.3 is 0 Å². The average molecular weight is 318 g/mol. The molecule has 3 heterocycles. The Labute approximate surface area is 139 Å². The van der Waals surface area contributed by atoms with E-state index in [-0.39, 0.29) is 11.5 Å². The largest absolute Gasteiger partial charge is 0.300 e. The van der Waals surface area contributed by atoms with Gasteiger partial charge in [0.1, 0.15) is 0 Å². The molecule has 0 aliphatic carbocycles. The lowest BCUT2D eigenvalue weighted by Crippen LogP contribution is -2.23. The number of fused-ring (bicyclic) bond motifs is 3. The Morgan fingerprint density at radius 1 is 1.04 bits per heavy atom. The van der Waals surface area contributed by atoms with Crippen molar-refractivity contribution in [3.8, 4) is 5.69 Å². The first-order chi connectivity index (χ1) is 11.6. The number of aromatic nitrogens is 4. The van der Waals surface area contributed by atoms with Crippen LogP contribution in [-0.2, 0) is 0 Å². The van der Waals surface area contributed by atoms with E-state index in [1.807, 2.05) is 47.7 Å². The molecular weight excluding hydrogens is 300 g/mol. The van der Waals surface area contributed by atoms with Gasteiger partial charge in [-0.1, -0.05) is 32.0 Å². The van der Waals surface area contributed by atoms with Gasteiger partial charge in [-0.25, -0.2) is 9.97 Å². The summed E-state index contributed by atoms with van der Waals surface area (Å²) in [6.45, 7) is 6.19. The van der Waals surface area contributed by atoms with Crippen LogP contribution in [0.15, 0.2) is 53.6 Å². The standard InChI is InChI=1S/C19H18N4O/c1-12(2)14-8-9-16-17(21-14)23(15-7-5-4-6-13(15)3)19(24)18-20-10-11-22(16)18/h4-12H,1-3H3. The molecule has 4 aromatic rings. The van der Waals surface area contributed by atoms with E-state index >= 15 is 0 Å². The first-order valence-corrected chi connectivity index (χ1v) is 8.02. The maximum absolute atomic E-state index is 13.1. The Hall–Kier alpha value is -2.95. The lowest BCUT2D eigenvalue weighted by Gasteiger charge is -2.15. The van der Waals surface area contributed by atoms with Crippen LogP contribution in [0.3, 0.4) is 0 Å². The highest BCUT2D eigenvalue weighted by atomic mass is 16.1. The maximum Gasteiger partial charge on any atom is 0.300 e. The first-order valence-electron chi connectivity index (χ1n) is 8.02. The molecule has 0 aliphatic rings. The van der Waals surface area contributed by atoms with E-state index in [0.29, 0.717) is 11.3 Å². The summed E-state index contributed by atoms with van der Waals surface area (Å²) < 4.78 is 3.49. The van der Waals surface area contributed by atoms with Gasteiger partial charge in [0, 0.05) is 18.1 Å². The molecule has 0 fully saturated rings. The minimum atomic E-state index is -0.157. The molecule has 1 aromatic carbocycles. The second-order valence-corrected chi connectivity index (χ2v) is 6.28. The van der Waals surface area contributed by atoms with Crippen molar-refractivity contribution in [3.63, 3.8) is 0 Å². The highest BCUT2D eigenvalue weighted by molar-refractivity contribution is 5.77. The maximum atomic E-state index is 13.1. The number of pyridine rings is 1. The van der Waals surface area contributed by atoms with Crippen molar-refractivity contribution in [2.75, 3.05) is 0 Å². The summed E-state index contributed by atoms with van der Waals surface area (Å²) in [4.78, 5) is 22.1. The Bertz CT molecular complexity index is 1120. The summed E-state index contributed by atoms with van der Waals surface area (Å²) in [6.07, 6.45) is 3.45. The Morgan fingerprint density at radius 2 is 1.83 bits per heavy atom. The van der Waals surface area contributed by atoms with Crippen molar-refractivity contribution in [1.29, 1.82) is 0 Å². The molecule has 5 heteroatoms. The molecule has 5 nitrogen and oxygen atoms in total. The quantitative estimate of drug-likeness (QED) is 0.569. The van der Waals surface area contributed by atoms with E-state index in [1.165, 1.54) is 0 Å². The third-order valence-electron chi connectivity index (χ3n) is 4.33. The van der Waals surface area contributed by atoms with Crippen molar-refractivity contribution in [1.82, 2.24) is 18.9 Å². The van der Waals surface area contributed by atoms with Crippen LogP contribution in [0.5, 0.6) is 0 Å². The molecule has 3 aromatic heterocycles. The molecule has 0 aliphatic heterocycles. The van der Waals surface area contributed by atoms with Gasteiger partial charge in [-0.3, -0.25) is 13.8 Å². The summed E-state index contributed by atoms with van der Waals surface area (Å²) in [5.41, 5.74) is 4.60. The summed E-state index contributed by atoms with van der Waals surface area (Å²) in [5.74, 6) is 0.285. The van der Waals surface area contributed by atoms with E-state index in [4.69, 9.17) is 4.98 Å². The molecule has 0 unspecified atom stereocenters. The lowest BCUT2D eigenvalue weighted by atomic mass is 10.1. The van der Waals surface area contributed by atoms with Crippen LogP contribution in [0.2, 0.25) is 0 Å². The van der Waals surface area contributed by atoms with E-state index in [2.05, 4.69) is 18.8 Å². The van der Waals surface area contributed by atoms with Gasteiger partial charge in [-0.2, -0.15) is 0 Å². The number of benzene rings is 1. The van der Waals surface area contributed by atoms with Gasteiger partial charge in [0.25, 0.3) is 5.56 Å². The minimum Gasteiger partial charge on any atom is -0.292 e. The summed E-state index contributed by atoms with van der Waals surface area (Å²) in [6, 6.07) is 11.9. The second kappa shape index (κ2) is 5.30. The van der Waals surface area contributed by atoms with Crippen molar-refractivity contribution < 1.29 is 0 Å². The fourth-order valence-corrected chi connectivity index (χ4v) is 3.02. The molecule has 24 heavy (non-hydrogen) atoms. The SMILES string of the molecule is Cc1ccccc1-n1c(=O)c2nccn2c2ccc(C(C)C)nc21. The van der Waals surface area contributed by atoms with Crippen LogP contribution in [0.1, 0.15) is 31.0 Å². The molecule has 0 saturated carbocycles. The number of rotatable bonds is 2. The number of para-hydroxylation sites is 1. The van der Waals surface area contributed by atoms with E-state index < -0.39 is 0 Å². The van der Waals surface area contributed by atoms with Crippen molar-refractivity contribution in [2.45, 2.75) is 26.7 Å². The van der Waals surface area contributed by atoms with Gasteiger partial charge in [-0.05, 0) is 36.6 Å². The van der Waals surface area contributed by atoms with Crippen molar-refractivity contribution in [3.05, 3.63) is 70.4 Å². The third-order valence-corrected chi connectivity index (χ3v) is 4.33. The predicted molar refractivity (Wildman–Crippen MR) is 94.9 cm³/mol. The second-order valence-electron chi connectivity index (χ2n) is 6.28. The number of nitrogens with zero attached hydrogens (tertiary/aromatic N) is 4. The fraction of sp³-hybridized carbons (Fsp3) is 0.211. The van der Waals surface area contributed by atoms with Crippen LogP contribution >= 0.6 is 0 Å². The van der Waals surface area contributed by atoms with Gasteiger partial charge in [0.05, 0.1) is 11.2 Å². The monoisotopic (exact) mass is 318 g/mol. The van der Waals surface area contributed by atoms with Crippen LogP contribution in [0, 0.1) is 6.92 Å². The molecule has 0 N–H and O–H groups in total. The fourth-order valence-electron chi connectivity index (χ4n) is 3.02. The number of imidazole rings is 1. The van der Waals surface area contributed by atoms with E-state index in [9.17, 15) is 4.79 Å². The zero-order chi connectivity index (χ0) is 16.8. The molecule has 0 saturated heterocycles. The van der Waals surface area contributed by atoms with Gasteiger partial charge in [0.2, 0.25) is 5.65 Å². The average Bonchev–Trinajstić information content (AvgIpc) is 3.06. The zero-order valence-electron chi connectivity index (χ0n) is 13.9. The van der Waals surface area contributed by atoms with Crippen molar-refractivity contribution in [2.24, 2.45) is 0 Å². The van der Waals surface area contributed by atoms with E-state index in [0.717, 1.165) is 22.5 Å². The smallest absolute Gasteiger partial charge is 0.292 e. The van der Waals surface area contributed by atoms with Gasteiger partial charge in [0.15, 0.2) is 5.65 Å². The Kier molecular flexibility index (Phi) is 3.23. The van der Waals surface area contributed by atoms with Gasteiger partial charge < -0.3 is 0 Å². The number of hydrogen-bond acceptors (Lipinski definition) is 3. The molecule has 4 rings (SSSR count). The molecule has 0 bridgehead atoms. The highest BCUT2D eigenvalue weighted by Gasteiger charge is 2.16. The van der Waals surface area contributed by atoms with Gasteiger partial charge in [-0.15, -0.1) is 0 Å². The Morgan fingerprint density at radius 3 is 2.58 bits per heavy atom.